The van der Waals surface area contributed by atoms with Gasteiger partial charge in [0.15, 0.2) is 0 Å². The smallest absolute Gasteiger partial charge is 0.230 e. The van der Waals surface area contributed by atoms with E-state index in [1.54, 1.807) is 13.2 Å². The van der Waals surface area contributed by atoms with Gasteiger partial charge in [-0.1, -0.05) is 12.1 Å². The van der Waals surface area contributed by atoms with Gasteiger partial charge in [0.2, 0.25) is 11.8 Å². The van der Waals surface area contributed by atoms with Crippen molar-refractivity contribution in [2.45, 2.75) is 43.6 Å². The van der Waals surface area contributed by atoms with Gasteiger partial charge >= 0.3 is 0 Å². The number of rotatable bonds is 2. The first-order valence-corrected chi connectivity index (χ1v) is 9.01. The Hall–Kier alpha value is -2.08. The van der Waals surface area contributed by atoms with Crippen molar-refractivity contribution in [3.63, 3.8) is 0 Å². The lowest BCUT2D eigenvalue weighted by Gasteiger charge is -2.40. The summed E-state index contributed by atoms with van der Waals surface area (Å²) < 4.78 is 11.3. The Kier molecular flexibility index (Phi) is 4.15. The van der Waals surface area contributed by atoms with Gasteiger partial charge in [-0.25, -0.2) is 0 Å². The van der Waals surface area contributed by atoms with Crippen molar-refractivity contribution in [2.24, 2.45) is 0 Å². The Labute approximate surface area is 147 Å². The normalized spacial score (nSPS) is 24.8. The number of carbonyl (C=O) groups excluding carboxylic acids is 2. The molecule has 134 valence electrons. The number of piperidine rings is 1. The van der Waals surface area contributed by atoms with Crippen molar-refractivity contribution < 1.29 is 19.1 Å². The van der Waals surface area contributed by atoms with E-state index >= 15 is 0 Å². The summed E-state index contributed by atoms with van der Waals surface area (Å²) in [4.78, 5) is 27.2. The van der Waals surface area contributed by atoms with Crippen LogP contribution in [0.1, 0.15) is 43.6 Å². The first-order valence-electron chi connectivity index (χ1n) is 9.01. The van der Waals surface area contributed by atoms with E-state index < -0.39 is 5.92 Å². The summed E-state index contributed by atoms with van der Waals surface area (Å²) in [5.74, 6) is 0.0675. The zero-order valence-electron chi connectivity index (χ0n) is 14.5. The Morgan fingerprint density at radius 1 is 1.32 bits per heavy atom. The van der Waals surface area contributed by atoms with E-state index in [4.69, 9.17) is 9.47 Å². The number of nitrogens with one attached hydrogen (secondary N) is 1. The molecule has 4 rings (SSSR count). The zero-order chi connectivity index (χ0) is 17.4. The molecule has 0 aromatic heterocycles. The fraction of sp³-hybridized carbons (Fsp3) is 0.579. The van der Waals surface area contributed by atoms with E-state index in [9.17, 15) is 9.59 Å². The highest BCUT2D eigenvalue weighted by atomic mass is 16.5. The maximum absolute atomic E-state index is 13.1. The van der Waals surface area contributed by atoms with Gasteiger partial charge in [-0.3, -0.25) is 9.59 Å². The van der Waals surface area contributed by atoms with Crippen LogP contribution in [0, 0.1) is 0 Å². The van der Waals surface area contributed by atoms with Gasteiger partial charge < -0.3 is 19.7 Å². The number of likely N-dealkylation sites (tertiary alicyclic amines) is 1. The van der Waals surface area contributed by atoms with Crippen molar-refractivity contribution in [3.05, 3.63) is 23.8 Å². The monoisotopic (exact) mass is 344 g/mol. The highest BCUT2D eigenvalue weighted by molar-refractivity contribution is 6.02. The third-order valence-electron chi connectivity index (χ3n) is 5.78. The molecule has 25 heavy (non-hydrogen) atoms. The third kappa shape index (κ3) is 2.88. The van der Waals surface area contributed by atoms with Crippen LogP contribution in [0.2, 0.25) is 0 Å². The SMILES string of the molecule is COc1cccc2c1NC(=O)C[C@@H]2C(=O)N1CCC2(CCCO2)CC1. The van der Waals surface area contributed by atoms with Gasteiger partial charge in [-0.2, -0.15) is 0 Å². The molecule has 0 saturated carbocycles. The highest BCUT2D eigenvalue weighted by Gasteiger charge is 2.42. The van der Waals surface area contributed by atoms with E-state index in [2.05, 4.69) is 5.32 Å². The highest BCUT2D eigenvalue weighted by Crippen LogP contribution is 2.41. The van der Waals surface area contributed by atoms with Crippen LogP contribution in [0.15, 0.2) is 18.2 Å². The Bertz CT molecular complexity index is 687. The van der Waals surface area contributed by atoms with Gasteiger partial charge in [-0.05, 0) is 37.3 Å². The number of hydrogen-bond acceptors (Lipinski definition) is 4. The summed E-state index contributed by atoms with van der Waals surface area (Å²) in [7, 11) is 1.57. The lowest BCUT2D eigenvalue weighted by molar-refractivity contribution is -0.139. The fourth-order valence-corrected chi connectivity index (χ4v) is 4.35. The van der Waals surface area contributed by atoms with Crippen LogP contribution in [0.5, 0.6) is 5.75 Å². The van der Waals surface area contributed by atoms with Gasteiger partial charge in [0.25, 0.3) is 0 Å². The summed E-state index contributed by atoms with van der Waals surface area (Å²) in [5, 5.41) is 2.85. The fourth-order valence-electron chi connectivity index (χ4n) is 4.35. The molecule has 6 heteroatoms. The van der Waals surface area contributed by atoms with E-state index in [-0.39, 0.29) is 23.8 Å². The van der Waals surface area contributed by atoms with E-state index in [1.807, 2.05) is 17.0 Å². The zero-order valence-corrected chi connectivity index (χ0v) is 14.5. The van der Waals surface area contributed by atoms with E-state index in [0.717, 1.165) is 37.9 Å². The summed E-state index contributed by atoms with van der Waals surface area (Å²) in [6, 6.07) is 5.58. The summed E-state index contributed by atoms with van der Waals surface area (Å²) in [6.07, 6.45) is 4.19. The first-order chi connectivity index (χ1) is 12.1. The molecule has 1 N–H and O–H groups in total. The maximum atomic E-state index is 13.1. The number of para-hydroxylation sites is 1. The summed E-state index contributed by atoms with van der Waals surface area (Å²) in [5.41, 5.74) is 1.47. The topological polar surface area (TPSA) is 67.9 Å². The van der Waals surface area contributed by atoms with Crippen molar-refractivity contribution in [1.82, 2.24) is 4.90 Å². The molecule has 0 aliphatic carbocycles. The number of carbonyl (C=O) groups is 2. The lowest BCUT2D eigenvalue weighted by atomic mass is 9.85. The van der Waals surface area contributed by atoms with Gasteiger partial charge in [-0.15, -0.1) is 0 Å². The average molecular weight is 344 g/mol. The van der Waals surface area contributed by atoms with Crippen LogP contribution >= 0.6 is 0 Å². The Balaban J connectivity index is 1.54. The maximum Gasteiger partial charge on any atom is 0.230 e. The third-order valence-corrected chi connectivity index (χ3v) is 5.78. The molecule has 1 aromatic rings. The molecule has 2 fully saturated rings. The predicted octanol–water partition coefficient (Wildman–Crippen LogP) is 2.29. The molecule has 1 atom stereocenters. The summed E-state index contributed by atoms with van der Waals surface area (Å²) >= 11 is 0. The van der Waals surface area contributed by atoms with Crippen LogP contribution in [-0.2, 0) is 14.3 Å². The number of nitrogens with zero attached hydrogens (tertiary/aromatic N) is 1. The van der Waals surface area contributed by atoms with Crippen molar-refractivity contribution in [1.29, 1.82) is 0 Å². The second kappa shape index (κ2) is 6.33. The number of hydrogen-bond donors (Lipinski definition) is 1. The van der Waals surface area contributed by atoms with Crippen molar-refractivity contribution >= 4 is 17.5 Å². The molecule has 2 saturated heterocycles. The first kappa shape index (κ1) is 16.4. The lowest BCUT2D eigenvalue weighted by Crippen LogP contribution is -2.48. The van der Waals surface area contributed by atoms with Gasteiger partial charge in [0.05, 0.1) is 24.3 Å². The summed E-state index contributed by atoms with van der Waals surface area (Å²) in [6.45, 7) is 2.25. The number of methoxy groups -OCH3 is 1. The molecule has 3 aliphatic rings. The minimum Gasteiger partial charge on any atom is -0.495 e. The largest absolute Gasteiger partial charge is 0.495 e. The molecule has 0 unspecified atom stereocenters. The molecule has 2 amide bonds. The Morgan fingerprint density at radius 2 is 2.12 bits per heavy atom. The molecular formula is C19H24N2O4. The molecule has 0 bridgehead atoms. The molecular weight excluding hydrogens is 320 g/mol. The van der Waals surface area contributed by atoms with Crippen LogP contribution in [0.4, 0.5) is 5.69 Å². The molecule has 0 radical (unpaired) electrons. The van der Waals surface area contributed by atoms with Crippen molar-refractivity contribution in [3.8, 4) is 5.75 Å². The average Bonchev–Trinajstić information content (AvgIpc) is 3.08. The number of ether oxygens (including phenoxy) is 2. The second-order valence-electron chi connectivity index (χ2n) is 7.19. The Morgan fingerprint density at radius 3 is 2.80 bits per heavy atom. The second-order valence-corrected chi connectivity index (χ2v) is 7.19. The minimum atomic E-state index is -0.433. The minimum absolute atomic E-state index is 0.0121. The van der Waals surface area contributed by atoms with Crippen LogP contribution < -0.4 is 10.1 Å². The molecule has 3 heterocycles. The number of fused-ring (bicyclic) bond motifs is 1. The standard InChI is InChI=1S/C19H24N2O4/c1-24-15-5-2-4-13-14(12-16(22)20-17(13)15)18(23)21-9-7-19(8-10-21)6-3-11-25-19/h2,4-5,14H,3,6-12H2,1H3,(H,20,22)/t14-/m0/s1. The number of benzene rings is 1. The molecule has 1 spiro atoms. The van der Waals surface area contributed by atoms with Crippen LogP contribution in [-0.4, -0.2) is 49.1 Å². The molecule has 1 aromatic carbocycles. The quantitative estimate of drug-likeness (QED) is 0.894. The number of anilines is 1. The molecule has 6 nitrogen and oxygen atoms in total. The van der Waals surface area contributed by atoms with Crippen LogP contribution in [0.3, 0.4) is 0 Å². The number of amides is 2. The molecule has 3 aliphatic heterocycles. The van der Waals surface area contributed by atoms with Crippen molar-refractivity contribution in [2.75, 3.05) is 32.1 Å². The van der Waals surface area contributed by atoms with Gasteiger partial charge in [0.1, 0.15) is 5.75 Å². The van der Waals surface area contributed by atoms with Gasteiger partial charge in [0, 0.05) is 26.1 Å². The van der Waals surface area contributed by atoms with E-state index in [0.29, 0.717) is 24.5 Å². The van der Waals surface area contributed by atoms with E-state index in [1.165, 1.54) is 0 Å². The van der Waals surface area contributed by atoms with Crippen LogP contribution in [0.25, 0.3) is 0 Å². The predicted molar refractivity (Wildman–Crippen MR) is 92.7 cm³/mol.